The number of amides is 4. The third kappa shape index (κ3) is 6.57. The number of aromatic amines is 1. The molecule has 1 aliphatic rings. The number of anilines is 3. The highest BCUT2D eigenvalue weighted by Gasteiger charge is 2.23. The van der Waals surface area contributed by atoms with Crippen LogP contribution < -0.4 is 36.3 Å². The van der Waals surface area contributed by atoms with Crippen molar-refractivity contribution in [2.24, 2.45) is 0 Å². The standard InChI is InChI=1S/C27H23ClN8O5/c1-40-17-6-4-16(5-7-17)36-23(13-24(37)35-36)34-27(39)32-20-8-9-21(19(14-29)25(20)28)41-18-10-11-30-22(12-18)33-26(38)31-15-2-3-15/h4-13,15H,2-3H2,1H3,(H,35,37)(H2,32,34,39)(H2,30,31,33,38). The Bertz CT molecular complexity index is 1710. The van der Waals surface area contributed by atoms with E-state index in [1.54, 1.807) is 30.3 Å². The monoisotopic (exact) mass is 574 g/mol. The summed E-state index contributed by atoms with van der Waals surface area (Å²) in [5.41, 5.74) is 0.253. The van der Waals surface area contributed by atoms with Crippen LogP contribution in [0.5, 0.6) is 17.2 Å². The second-order valence-corrected chi connectivity index (χ2v) is 9.26. The molecule has 4 amide bonds. The number of ether oxygens (including phenoxy) is 2. The van der Waals surface area contributed by atoms with Crippen LogP contribution in [0.2, 0.25) is 5.02 Å². The van der Waals surface area contributed by atoms with E-state index in [1.807, 2.05) is 6.07 Å². The maximum atomic E-state index is 12.8. The number of nitriles is 1. The van der Waals surface area contributed by atoms with Gasteiger partial charge in [0.1, 0.15) is 40.5 Å². The number of carbonyl (C=O) groups excluding carboxylic acids is 2. The van der Waals surface area contributed by atoms with Gasteiger partial charge in [0.05, 0.1) is 23.5 Å². The van der Waals surface area contributed by atoms with E-state index in [0.29, 0.717) is 17.2 Å². The van der Waals surface area contributed by atoms with Gasteiger partial charge in [0.2, 0.25) is 0 Å². The van der Waals surface area contributed by atoms with E-state index in [4.69, 9.17) is 21.1 Å². The quantitative estimate of drug-likeness (QED) is 0.200. The maximum Gasteiger partial charge on any atom is 0.324 e. The molecule has 0 atom stereocenters. The summed E-state index contributed by atoms with van der Waals surface area (Å²) in [6, 6.07) is 15.1. The number of halogens is 1. The molecule has 2 aromatic heterocycles. The highest BCUT2D eigenvalue weighted by atomic mass is 35.5. The lowest BCUT2D eigenvalue weighted by molar-refractivity contribution is 0.251. The van der Waals surface area contributed by atoms with Gasteiger partial charge in [-0.1, -0.05) is 11.6 Å². The predicted molar refractivity (Wildman–Crippen MR) is 151 cm³/mol. The number of rotatable bonds is 8. The molecule has 0 unspecified atom stereocenters. The third-order valence-electron chi connectivity index (χ3n) is 5.88. The fourth-order valence-electron chi connectivity index (χ4n) is 3.77. The van der Waals surface area contributed by atoms with Gasteiger partial charge in [0.25, 0.3) is 5.56 Å². The van der Waals surface area contributed by atoms with Crippen molar-refractivity contribution in [2.45, 2.75) is 18.9 Å². The van der Waals surface area contributed by atoms with Crippen LogP contribution in [0.15, 0.2) is 65.6 Å². The van der Waals surface area contributed by atoms with E-state index in [2.05, 4.69) is 31.3 Å². The van der Waals surface area contributed by atoms with Crippen LogP contribution in [0.4, 0.5) is 26.9 Å². The van der Waals surface area contributed by atoms with E-state index >= 15 is 0 Å². The lowest BCUT2D eigenvalue weighted by atomic mass is 10.2. The molecule has 1 aliphatic carbocycles. The van der Waals surface area contributed by atoms with Crippen molar-refractivity contribution in [3.8, 4) is 29.0 Å². The molecule has 208 valence electrons. The number of pyridine rings is 1. The fraction of sp³-hybridized carbons (Fsp3) is 0.148. The van der Waals surface area contributed by atoms with Crippen LogP contribution in [0.3, 0.4) is 0 Å². The van der Waals surface area contributed by atoms with Crippen molar-refractivity contribution in [3.63, 3.8) is 0 Å². The first kappa shape index (κ1) is 27.1. The van der Waals surface area contributed by atoms with E-state index in [9.17, 15) is 19.6 Å². The van der Waals surface area contributed by atoms with Crippen LogP contribution >= 0.6 is 11.6 Å². The SMILES string of the molecule is COc1ccc(-n2[nH]c(=O)cc2NC(=O)Nc2ccc(Oc3ccnc(NC(=O)NC4CC4)c3)c(C#N)c2Cl)cc1. The first-order chi connectivity index (χ1) is 19.8. The normalized spacial score (nSPS) is 12.1. The minimum absolute atomic E-state index is 0.0287. The Morgan fingerprint density at radius 2 is 1.83 bits per heavy atom. The Labute approximate surface area is 238 Å². The number of nitrogens with zero attached hydrogens (tertiary/aromatic N) is 3. The van der Waals surface area contributed by atoms with E-state index in [0.717, 1.165) is 12.8 Å². The largest absolute Gasteiger partial charge is 0.497 e. The summed E-state index contributed by atoms with van der Waals surface area (Å²) >= 11 is 6.45. The average molecular weight is 575 g/mol. The molecule has 1 fully saturated rings. The van der Waals surface area contributed by atoms with Crippen LogP contribution in [0.1, 0.15) is 18.4 Å². The number of benzene rings is 2. The molecule has 0 saturated heterocycles. The Kier molecular flexibility index (Phi) is 7.75. The van der Waals surface area contributed by atoms with Crippen molar-refractivity contribution in [3.05, 3.63) is 81.7 Å². The zero-order chi connectivity index (χ0) is 28.9. The predicted octanol–water partition coefficient (Wildman–Crippen LogP) is 4.81. The Morgan fingerprint density at radius 3 is 2.54 bits per heavy atom. The van der Waals surface area contributed by atoms with Gasteiger partial charge in [-0.25, -0.2) is 19.3 Å². The number of aromatic nitrogens is 3. The Balaban J connectivity index is 1.28. The van der Waals surface area contributed by atoms with Crippen molar-refractivity contribution in [1.29, 1.82) is 5.26 Å². The summed E-state index contributed by atoms with van der Waals surface area (Å²) in [5, 5.41) is 22.9. The third-order valence-corrected chi connectivity index (χ3v) is 6.27. The number of urea groups is 2. The molecule has 5 N–H and O–H groups in total. The first-order valence-electron chi connectivity index (χ1n) is 12.3. The molecule has 2 heterocycles. The number of hydrogen-bond donors (Lipinski definition) is 5. The first-order valence-corrected chi connectivity index (χ1v) is 12.7. The van der Waals surface area contributed by atoms with Gasteiger partial charge < -0.3 is 20.1 Å². The molecular formula is C27H23ClN8O5. The van der Waals surface area contributed by atoms with E-state index in [1.165, 1.54) is 42.3 Å². The van der Waals surface area contributed by atoms with Crippen LogP contribution in [0, 0.1) is 11.3 Å². The summed E-state index contributed by atoms with van der Waals surface area (Å²) in [6.45, 7) is 0. The molecular weight excluding hydrogens is 552 g/mol. The number of hydrogen-bond acceptors (Lipinski definition) is 7. The highest BCUT2D eigenvalue weighted by molar-refractivity contribution is 6.35. The van der Waals surface area contributed by atoms with Gasteiger partial charge >= 0.3 is 12.1 Å². The van der Waals surface area contributed by atoms with Gasteiger partial charge in [-0.3, -0.25) is 20.5 Å². The average Bonchev–Trinajstić information content (AvgIpc) is 3.69. The summed E-state index contributed by atoms with van der Waals surface area (Å²) < 4.78 is 12.4. The number of H-pyrrole nitrogens is 1. The van der Waals surface area contributed by atoms with Gasteiger partial charge in [0, 0.05) is 24.4 Å². The molecule has 0 bridgehead atoms. The molecule has 4 aromatic rings. The second kappa shape index (κ2) is 11.7. The van der Waals surface area contributed by atoms with E-state index < -0.39 is 11.6 Å². The van der Waals surface area contributed by atoms with Crippen molar-refractivity contribution in [1.82, 2.24) is 20.1 Å². The zero-order valence-corrected chi connectivity index (χ0v) is 22.3. The zero-order valence-electron chi connectivity index (χ0n) is 21.5. The summed E-state index contributed by atoms with van der Waals surface area (Å²) in [5.74, 6) is 1.49. The second-order valence-electron chi connectivity index (χ2n) is 8.88. The van der Waals surface area contributed by atoms with Gasteiger partial charge in [0.15, 0.2) is 0 Å². The minimum atomic E-state index is -0.708. The van der Waals surface area contributed by atoms with Gasteiger partial charge in [-0.2, -0.15) is 5.26 Å². The molecule has 0 spiro atoms. The maximum absolute atomic E-state index is 12.8. The minimum Gasteiger partial charge on any atom is -0.497 e. The summed E-state index contributed by atoms with van der Waals surface area (Å²) in [7, 11) is 1.54. The lowest BCUT2D eigenvalue weighted by Crippen LogP contribution is -2.30. The molecule has 5 rings (SSSR count). The van der Waals surface area contributed by atoms with Crippen molar-refractivity contribution >= 4 is 41.0 Å². The molecule has 1 saturated carbocycles. The smallest absolute Gasteiger partial charge is 0.324 e. The van der Waals surface area contributed by atoms with Crippen LogP contribution in [-0.4, -0.2) is 40.0 Å². The Hall–Kier alpha value is -5.48. The molecule has 13 nitrogen and oxygen atoms in total. The van der Waals surface area contributed by atoms with Crippen LogP contribution in [-0.2, 0) is 0 Å². The number of methoxy groups -OCH3 is 1. The lowest BCUT2D eigenvalue weighted by Gasteiger charge is -2.14. The molecule has 14 heteroatoms. The Morgan fingerprint density at radius 1 is 1.05 bits per heavy atom. The van der Waals surface area contributed by atoms with Gasteiger partial charge in [-0.15, -0.1) is 0 Å². The highest BCUT2D eigenvalue weighted by Crippen LogP contribution is 2.35. The molecule has 41 heavy (non-hydrogen) atoms. The van der Waals surface area contributed by atoms with Gasteiger partial charge in [-0.05, 0) is 55.3 Å². The molecule has 0 radical (unpaired) electrons. The summed E-state index contributed by atoms with van der Waals surface area (Å²) in [4.78, 5) is 40.9. The van der Waals surface area contributed by atoms with Crippen LogP contribution in [0.25, 0.3) is 5.69 Å². The van der Waals surface area contributed by atoms with Crippen molar-refractivity contribution in [2.75, 3.05) is 23.1 Å². The summed E-state index contributed by atoms with van der Waals surface area (Å²) in [6.07, 6.45) is 3.35. The number of carbonyl (C=O) groups is 2. The fourth-order valence-corrected chi connectivity index (χ4v) is 4.01. The number of nitrogens with one attached hydrogen (secondary N) is 5. The molecule has 2 aromatic carbocycles. The topological polar surface area (TPSA) is 175 Å². The van der Waals surface area contributed by atoms with E-state index in [-0.39, 0.29) is 45.7 Å². The molecule has 0 aliphatic heterocycles. The van der Waals surface area contributed by atoms with Crippen molar-refractivity contribution < 1.29 is 19.1 Å².